The molecule has 2 rings (SSSR count). The van der Waals surface area contributed by atoms with Crippen LogP contribution in [0.15, 0.2) is 29.2 Å². The maximum absolute atomic E-state index is 12.1. The summed E-state index contributed by atoms with van der Waals surface area (Å²) in [5.41, 5.74) is 0. The van der Waals surface area contributed by atoms with Gasteiger partial charge in [0.25, 0.3) is 0 Å². The summed E-state index contributed by atoms with van der Waals surface area (Å²) in [6.45, 7) is 1.95. The van der Waals surface area contributed by atoms with Crippen LogP contribution in [0.1, 0.15) is 38.5 Å². The lowest BCUT2D eigenvalue weighted by Gasteiger charge is -2.21. The summed E-state index contributed by atoms with van der Waals surface area (Å²) < 4.78 is 32.7. The van der Waals surface area contributed by atoms with Crippen LogP contribution in [0.25, 0.3) is 0 Å². The van der Waals surface area contributed by atoms with Crippen LogP contribution in [0.4, 0.5) is 0 Å². The quantitative estimate of drug-likeness (QED) is 0.650. The van der Waals surface area contributed by atoms with Crippen molar-refractivity contribution in [2.75, 3.05) is 26.7 Å². The van der Waals surface area contributed by atoms with Crippen LogP contribution in [-0.2, 0) is 10.0 Å². The predicted octanol–water partition coefficient (Wildman–Crippen LogP) is 2.96. The Morgan fingerprint density at radius 2 is 1.75 bits per heavy atom. The van der Waals surface area contributed by atoms with Gasteiger partial charge in [-0.05, 0) is 63.0 Å². The van der Waals surface area contributed by atoms with Gasteiger partial charge >= 0.3 is 0 Å². The molecule has 5 nitrogen and oxygen atoms in total. The highest BCUT2D eigenvalue weighted by Crippen LogP contribution is 2.25. The fraction of sp³-hybridized carbons (Fsp3) is 0.647. The zero-order valence-corrected chi connectivity index (χ0v) is 15.9. The lowest BCUT2D eigenvalue weighted by Crippen LogP contribution is -2.26. The van der Waals surface area contributed by atoms with Crippen molar-refractivity contribution in [3.8, 4) is 5.75 Å². The van der Waals surface area contributed by atoms with Gasteiger partial charge < -0.3 is 10.1 Å². The Balaban J connectivity index is 0.00000288. The standard InChI is InChI=1S/C17H28N2O3S.ClH/c1-18-12-5-13-19-23(20,21)17-10-8-16(9-11-17)22-14-15-6-3-2-4-7-15;/h8-11,15,18-19H,2-7,12-14H2,1H3;1H. The minimum Gasteiger partial charge on any atom is -0.493 e. The van der Waals surface area contributed by atoms with E-state index in [4.69, 9.17) is 4.74 Å². The average Bonchev–Trinajstić information content (AvgIpc) is 2.58. The van der Waals surface area contributed by atoms with Gasteiger partial charge in [-0.25, -0.2) is 13.1 Å². The fourth-order valence-electron chi connectivity index (χ4n) is 2.84. The van der Waals surface area contributed by atoms with E-state index in [9.17, 15) is 8.42 Å². The van der Waals surface area contributed by atoms with E-state index < -0.39 is 10.0 Å². The van der Waals surface area contributed by atoms with Crippen LogP contribution in [0.3, 0.4) is 0 Å². The van der Waals surface area contributed by atoms with Crippen molar-refractivity contribution < 1.29 is 13.2 Å². The molecule has 1 aromatic rings. The fourth-order valence-corrected chi connectivity index (χ4v) is 3.91. The average molecular weight is 377 g/mol. The summed E-state index contributed by atoms with van der Waals surface area (Å²) in [4.78, 5) is 0.284. The van der Waals surface area contributed by atoms with Crippen molar-refractivity contribution in [1.29, 1.82) is 0 Å². The van der Waals surface area contributed by atoms with Crippen molar-refractivity contribution in [2.45, 2.75) is 43.4 Å². The highest BCUT2D eigenvalue weighted by Gasteiger charge is 2.15. The molecule has 0 aromatic heterocycles. The largest absolute Gasteiger partial charge is 0.493 e. The summed E-state index contributed by atoms with van der Waals surface area (Å²) in [6, 6.07) is 6.70. The van der Waals surface area contributed by atoms with E-state index >= 15 is 0 Å². The van der Waals surface area contributed by atoms with Crippen molar-refractivity contribution >= 4 is 22.4 Å². The first-order chi connectivity index (χ1) is 11.1. The number of sulfonamides is 1. The lowest BCUT2D eigenvalue weighted by atomic mass is 9.90. The van der Waals surface area contributed by atoms with Crippen LogP contribution in [0, 0.1) is 5.92 Å². The van der Waals surface area contributed by atoms with Crippen molar-refractivity contribution in [3.05, 3.63) is 24.3 Å². The van der Waals surface area contributed by atoms with E-state index in [0.29, 0.717) is 12.5 Å². The Morgan fingerprint density at radius 1 is 1.08 bits per heavy atom. The van der Waals surface area contributed by atoms with E-state index in [1.165, 1.54) is 32.1 Å². The van der Waals surface area contributed by atoms with Gasteiger partial charge in [-0.15, -0.1) is 12.4 Å². The van der Waals surface area contributed by atoms with E-state index in [0.717, 1.165) is 25.3 Å². The SMILES string of the molecule is CNCCCNS(=O)(=O)c1ccc(OCC2CCCCC2)cc1.Cl. The first-order valence-corrected chi connectivity index (χ1v) is 9.97. The number of nitrogens with one attached hydrogen (secondary N) is 2. The van der Waals surface area contributed by atoms with Crippen molar-refractivity contribution in [2.24, 2.45) is 5.92 Å². The van der Waals surface area contributed by atoms with Gasteiger partial charge in [0.2, 0.25) is 10.0 Å². The molecule has 0 aliphatic heterocycles. The molecule has 0 amide bonds. The molecule has 1 fully saturated rings. The van der Waals surface area contributed by atoms with E-state index in [1.807, 2.05) is 7.05 Å². The Bertz CT molecular complexity index is 558. The van der Waals surface area contributed by atoms with Gasteiger partial charge in [0, 0.05) is 6.54 Å². The Morgan fingerprint density at radius 3 is 2.38 bits per heavy atom. The first kappa shape index (κ1) is 21.2. The molecule has 7 heteroatoms. The minimum atomic E-state index is -3.43. The molecule has 1 aliphatic rings. The molecule has 1 aromatic carbocycles. The summed E-state index contributed by atoms with van der Waals surface area (Å²) in [5, 5.41) is 2.99. The van der Waals surface area contributed by atoms with E-state index in [-0.39, 0.29) is 17.3 Å². The second kappa shape index (κ2) is 10.9. The highest BCUT2D eigenvalue weighted by atomic mass is 35.5. The van der Waals surface area contributed by atoms with Gasteiger partial charge in [0.15, 0.2) is 0 Å². The van der Waals surface area contributed by atoms with Crippen LogP contribution in [0.2, 0.25) is 0 Å². The molecule has 0 unspecified atom stereocenters. The topological polar surface area (TPSA) is 67.4 Å². The maximum atomic E-state index is 12.1. The Labute approximate surface area is 152 Å². The number of hydrogen-bond acceptors (Lipinski definition) is 4. The minimum absolute atomic E-state index is 0. The summed E-state index contributed by atoms with van der Waals surface area (Å²) in [7, 11) is -1.58. The molecule has 1 saturated carbocycles. The molecule has 2 N–H and O–H groups in total. The van der Waals surface area contributed by atoms with Gasteiger partial charge in [-0.1, -0.05) is 19.3 Å². The van der Waals surface area contributed by atoms with Crippen LogP contribution >= 0.6 is 12.4 Å². The number of halogens is 1. The zero-order chi connectivity index (χ0) is 16.5. The second-order valence-corrected chi connectivity index (χ2v) is 7.91. The number of rotatable bonds is 9. The third-order valence-electron chi connectivity index (χ3n) is 4.24. The van der Waals surface area contributed by atoms with Gasteiger partial charge in [-0.2, -0.15) is 0 Å². The molecule has 1 aliphatic carbocycles. The summed E-state index contributed by atoms with van der Waals surface area (Å²) in [5.74, 6) is 1.38. The third kappa shape index (κ3) is 6.97. The molecular formula is C17H29ClN2O3S. The normalized spacial score (nSPS) is 15.7. The first-order valence-electron chi connectivity index (χ1n) is 8.49. The zero-order valence-electron chi connectivity index (χ0n) is 14.3. The Hall–Kier alpha value is -0.820. The van der Waals surface area contributed by atoms with Crippen LogP contribution in [-0.4, -0.2) is 35.2 Å². The number of hydrogen-bond donors (Lipinski definition) is 2. The Kier molecular flexibility index (Phi) is 9.66. The highest BCUT2D eigenvalue weighted by molar-refractivity contribution is 7.89. The molecular weight excluding hydrogens is 348 g/mol. The molecule has 0 saturated heterocycles. The third-order valence-corrected chi connectivity index (χ3v) is 5.72. The van der Waals surface area contributed by atoms with Crippen LogP contribution < -0.4 is 14.8 Å². The van der Waals surface area contributed by atoms with Crippen LogP contribution in [0.5, 0.6) is 5.75 Å². The molecule has 0 spiro atoms. The van der Waals surface area contributed by atoms with E-state index in [1.54, 1.807) is 24.3 Å². The maximum Gasteiger partial charge on any atom is 0.240 e. The lowest BCUT2D eigenvalue weighted by molar-refractivity contribution is 0.209. The molecule has 138 valence electrons. The molecule has 0 atom stereocenters. The van der Waals surface area contributed by atoms with Gasteiger partial charge in [0.1, 0.15) is 5.75 Å². The van der Waals surface area contributed by atoms with Gasteiger partial charge in [-0.3, -0.25) is 0 Å². The molecule has 0 radical (unpaired) electrons. The number of ether oxygens (including phenoxy) is 1. The molecule has 0 bridgehead atoms. The second-order valence-electron chi connectivity index (χ2n) is 6.14. The summed E-state index contributed by atoms with van der Waals surface area (Å²) in [6.07, 6.45) is 7.17. The summed E-state index contributed by atoms with van der Waals surface area (Å²) >= 11 is 0. The smallest absolute Gasteiger partial charge is 0.240 e. The number of benzene rings is 1. The van der Waals surface area contributed by atoms with Crippen molar-refractivity contribution in [1.82, 2.24) is 10.0 Å². The monoisotopic (exact) mass is 376 g/mol. The molecule has 0 heterocycles. The van der Waals surface area contributed by atoms with Crippen molar-refractivity contribution in [3.63, 3.8) is 0 Å². The van der Waals surface area contributed by atoms with E-state index in [2.05, 4.69) is 10.0 Å². The van der Waals surface area contributed by atoms with Gasteiger partial charge in [0.05, 0.1) is 11.5 Å². The molecule has 24 heavy (non-hydrogen) atoms. The predicted molar refractivity (Wildman–Crippen MR) is 99.5 cm³/mol.